The van der Waals surface area contributed by atoms with Crippen molar-refractivity contribution in [1.29, 1.82) is 0 Å². The highest BCUT2D eigenvalue weighted by molar-refractivity contribution is 5.47. The van der Waals surface area contributed by atoms with Gasteiger partial charge in [0.25, 0.3) is 0 Å². The molecule has 0 aliphatic rings. The van der Waals surface area contributed by atoms with E-state index in [-0.39, 0.29) is 6.61 Å². The third-order valence-corrected chi connectivity index (χ3v) is 2.18. The Morgan fingerprint density at radius 2 is 2.00 bits per heavy atom. The zero-order valence-corrected chi connectivity index (χ0v) is 9.63. The van der Waals surface area contributed by atoms with Crippen molar-refractivity contribution in [3.05, 3.63) is 23.8 Å². The Morgan fingerprint density at radius 1 is 1.33 bits per heavy atom. The molecule has 0 aliphatic heterocycles. The Bertz CT molecular complexity index is 399. The number of alkyl halides is 4. The summed E-state index contributed by atoms with van der Waals surface area (Å²) >= 11 is 0. The first-order chi connectivity index (χ1) is 8.36. The number of benzene rings is 1. The van der Waals surface area contributed by atoms with Gasteiger partial charge in [0.15, 0.2) is 0 Å². The Morgan fingerprint density at radius 3 is 2.56 bits per heavy atom. The molecule has 0 radical (unpaired) electrons. The second-order valence-corrected chi connectivity index (χ2v) is 3.63. The van der Waals surface area contributed by atoms with Crippen LogP contribution in [0.5, 0.6) is 5.75 Å². The Kier molecular flexibility index (Phi) is 4.77. The molecule has 0 unspecified atom stereocenters. The highest BCUT2D eigenvalue weighted by Gasteiger charge is 2.40. The predicted molar refractivity (Wildman–Crippen MR) is 58.0 cm³/mol. The van der Waals surface area contributed by atoms with Crippen molar-refractivity contribution in [1.82, 2.24) is 0 Å². The van der Waals surface area contributed by atoms with E-state index >= 15 is 0 Å². The molecule has 0 atom stereocenters. The van der Waals surface area contributed by atoms with Gasteiger partial charge in [-0.1, -0.05) is 0 Å². The molecule has 0 saturated carbocycles. The summed E-state index contributed by atoms with van der Waals surface area (Å²) in [5, 5.41) is 0. The van der Waals surface area contributed by atoms with Crippen molar-refractivity contribution in [2.75, 3.05) is 19.5 Å². The summed E-state index contributed by atoms with van der Waals surface area (Å²) < 4.78 is 58.4. The van der Waals surface area contributed by atoms with Crippen LogP contribution in [0.4, 0.5) is 23.2 Å². The quantitative estimate of drug-likeness (QED) is 0.636. The Labute approximate surface area is 101 Å². The average molecular weight is 267 g/mol. The van der Waals surface area contributed by atoms with E-state index in [9.17, 15) is 17.6 Å². The standard InChI is InChI=1S/C11H13F4NO2/c1-17-9-3-2-8(16)4-7(9)5-18-6-11(14,15)10(12)13/h2-4,10H,5-6,16H2,1H3. The van der Waals surface area contributed by atoms with E-state index in [0.29, 0.717) is 17.0 Å². The monoisotopic (exact) mass is 267 g/mol. The number of nitrogen functional groups attached to an aromatic ring is 1. The predicted octanol–water partition coefficient (Wildman–Crippen LogP) is 2.69. The molecular weight excluding hydrogens is 254 g/mol. The largest absolute Gasteiger partial charge is 0.496 e. The summed E-state index contributed by atoms with van der Waals surface area (Å²) in [6.45, 7) is -1.64. The normalized spacial score (nSPS) is 11.9. The maximum atomic E-state index is 12.6. The fourth-order valence-corrected chi connectivity index (χ4v) is 1.27. The van der Waals surface area contributed by atoms with Gasteiger partial charge in [0.05, 0.1) is 13.7 Å². The molecule has 18 heavy (non-hydrogen) atoms. The highest BCUT2D eigenvalue weighted by Crippen LogP contribution is 2.25. The van der Waals surface area contributed by atoms with Crippen LogP contribution in [0, 0.1) is 0 Å². The summed E-state index contributed by atoms with van der Waals surface area (Å²) in [6.07, 6.45) is -3.75. The van der Waals surface area contributed by atoms with Gasteiger partial charge in [-0.25, -0.2) is 8.78 Å². The molecule has 3 nitrogen and oxygen atoms in total. The Balaban J connectivity index is 2.61. The number of halogens is 4. The number of ether oxygens (including phenoxy) is 2. The number of anilines is 1. The average Bonchev–Trinajstić information content (AvgIpc) is 2.29. The fourth-order valence-electron chi connectivity index (χ4n) is 1.27. The second kappa shape index (κ2) is 5.90. The lowest BCUT2D eigenvalue weighted by atomic mass is 10.2. The molecule has 0 amide bonds. The van der Waals surface area contributed by atoms with Gasteiger partial charge in [0.2, 0.25) is 0 Å². The molecule has 0 saturated heterocycles. The molecule has 1 rings (SSSR count). The first-order valence-electron chi connectivity index (χ1n) is 5.03. The van der Waals surface area contributed by atoms with E-state index in [4.69, 9.17) is 10.5 Å². The molecular formula is C11H13F4NO2. The van der Waals surface area contributed by atoms with Crippen LogP contribution in [0.1, 0.15) is 5.56 Å². The molecule has 0 heterocycles. The first-order valence-corrected chi connectivity index (χ1v) is 5.03. The van der Waals surface area contributed by atoms with Gasteiger partial charge >= 0.3 is 12.3 Å². The van der Waals surface area contributed by atoms with Crippen LogP contribution in [0.2, 0.25) is 0 Å². The molecule has 2 N–H and O–H groups in total. The summed E-state index contributed by atoms with van der Waals surface area (Å²) in [6, 6.07) is 4.58. The summed E-state index contributed by atoms with van der Waals surface area (Å²) in [7, 11) is 1.39. The van der Waals surface area contributed by atoms with Crippen molar-refractivity contribution < 1.29 is 27.0 Å². The van der Waals surface area contributed by atoms with Gasteiger partial charge in [-0.15, -0.1) is 0 Å². The highest BCUT2D eigenvalue weighted by atomic mass is 19.3. The van der Waals surface area contributed by atoms with Crippen LogP contribution in [0.3, 0.4) is 0 Å². The molecule has 0 spiro atoms. The van der Waals surface area contributed by atoms with Gasteiger partial charge in [-0.05, 0) is 18.2 Å². The van der Waals surface area contributed by atoms with Crippen LogP contribution < -0.4 is 10.5 Å². The number of rotatable bonds is 6. The van der Waals surface area contributed by atoms with Gasteiger partial charge in [0, 0.05) is 11.3 Å². The number of methoxy groups -OCH3 is 1. The van der Waals surface area contributed by atoms with Crippen molar-refractivity contribution in [2.45, 2.75) is 19.0 Å². The third-order valence-electron chi connectivity index (χ3n) is 2.18. The van der Waals surface area contributed by atoms with Gasteiger partial charge in [-0.2, -0.15) is 8.78 Å². The molecule has 102 valence electrons. The topological polar surface area (TPSA) is 44.5 Å². The van der Waals surface area contributed by atoms with Crippen LogP contribution in [-0.4, -0.2) is 26.1 Å². The van der Waals surface area contributed by atoms with Crippen molar-refractivity contribution in [3.8, 4) is 5.75 Å². The number of hydrogen-bond donors (Lipinski definition) is 1. The van der Waals surface area contributed by atoms with Crippen LogP contribution in [-0.2, 0) is 11.3 Å². The molecule has 0 bridgehead atoms. The zero-order valence-electron chi connectivity index (χ0n) is 9.63. The third kappa shape index (κ3) is 3.76. The lowest BCUT2D eigenvalue weighted by Crippen LogP contribution is -2.32. The zero-order chi connectivity index (χ0) is 13.8. The lowest BCUT2D eigenvalue weighted by molar-refractivity contribution is -0.168. The molecule has 1 aromatic carbocycles. The minimum Gasteiger partial charge on any atom is -0.496 e. The summed E-state index contributed by atoms with van der Waals surface area (Å²) in [5.74, 6) is -3.77. The Hall–Kier alpha value is -1.50. The van der Waals surface area contributed by atoms with E-state index in [1.165, 1.54) is 13.2 Å². The van der Waals surface area contributed by atoms with Crippen LogP contribution in [0.25, 0.3) is 0 Å². The van der Waals surface area contributed by atoms with Crippen LogP contribution in [0.15, 0.2) is 18.2 Å². The molecule has 0 aliphatic carbocycles. The maximum Gasteiger partial charge on any atom is 0.330 e. The fraction of sp³-hybridized carbons (Fsp3) is 0.455. The summed E-state index contributed by atoms with van der Waals surface area (Å²) in [4.78, 5) is 0. The van der Waals surface area contributed by atoms with E-state index in [0.717, 1.165) is 0 Å². The second-order valence-electron chi connectivity index (χ2n) is 3.63. The van der Waals surface area contributed by atoms with E-state index in [2.05, 4.69) is 4.74 Å². The minimum absolute atomic E-state index is 0.281. The van der Waals surface area contributed by atoms with Crippen LogP contribution >= 0.6 is 0 Å². The van der Waals surface area contributed by atoms with Gasteiger partial charge < -0.3 is 15.2 Å². The first kappa shape index (κ1) is 14.6. The van der Waals surface area contributed by atoms with Crippen molar-refractivity contribution in [3.63, 3.8) is 0 Å². The maximum absolute atomic E-state index is 12.6. The van der Waals surface area contributed by atoms with Crippen molar-refractivity contribution >= 4 is 5.69 Å². The van der Waals surface area contributed by atoms with E-state index < -0.39 is 19.0 Å². The van der Waals surface area contributed by atoms with Crippen molar-refractivity contribution in [2.24, 2.45) is 0 Å². The van der Waals surface area contributed by atoms with E-state index in [1.54, 1.807) is 12.1 Å². The molecule has 7 heteroatoms. The summed E-state index contributed by atoms with van der Waals surface area (Å²) in [5.41, 5.74) is 6.33. The lowest BCUT2D eigenvalue weighted by Gasteiger charge is -2.16. The minimum atomic E-state index is -4.16. The molecule has 1 aromatic rings. The smallest absolute Gasteiger partial charge is 0.330 e. The van der Waals surface area contributed by atoms with E-state index in [1.807, 2.05) is 0 Å². The van der Waals surface area contributed by atoms with Gasteiger partial charge in [-0.3, -0.25) is 0 Å². The SMILES string of the molecule is COc1ccc(N)cc1COCC(F)(F)C(F)F. The molecule has 0 fully saturated rings. The molecule has 0 aromatic heterocycles. The number of hydrogen-bond acceptors (Lipinski definition) is 3. The number of nitrogens with two attached hydrogens (primary N) is 1. The van der Waals surface area contributed by atoms with Gasteiger partial charge in [0.1, 0.15) is 12.4 Å².